The van der Waals surface area contributed by atoms with Gasteiger partial charge in [0.1, 0.15) is 0 Å². The second kappa shape index (κ2) is 6.86. The van der Waals surface area contributed by atoms with Crippen molar-refractivity contribution in [2.45, 2.75) is 26.8 Å². The Morgan fingerprint density at radius 3 is 2.60 bits per heavy atom. The lowest BCUT2D eigenvalue weighted by Gasteiger charge is -2.11. The Labute approximate surface area is 118 Å². The molecule has 0 spiro atoms. The SMILES string of the molecule is CCCOc1ccccc1Oc1ncc(CN)c(C)n1. The van der Waals surface area contributed by atoms with Gasteiger partial charge in [-0.3, -0.25) is 0 Å². The van der Waals surface area contributed by atoms with Crippen molar-refractivity contribution in [2.75, 3.05) is 6.61 Å². The van der Waals surface area contributed by atoms with Crippen LogP contribution in [0.3, 0.4) is 0 Å². The molecule has 2 aromatic rings. The average Bonchev–Trinajstić information content (AvgIpc) is 2.46. The average molecular weight is 273 g/mol. The Bertz CT molecular complexity index is 573. The van der Waals surface area contributed by atoms with Crippen molar-refractivity contribution in [3.63, 3.8) is 0 Å². The molecule has 2 N–H and O–H groups in total. The fourth-order valence-electron chi connectivity index (χ4n) is 1.68. The zero-order valence-corrected chi connectivity index (χ0v) is 11.8. The summed E-state index contributed by atoms with van der Waals surface area (Å²) in [5, 5.41) is 0. The van der Waals surface area contributed by atoms with E-state index >= 15 is 0 Å². The van der Waals surface area contributed by atoms with E-state index in [0.717, 1.165) is 17.7 Å². The molecule has 0 aliphatic rings. The van der Waals surface area contributed by atoms with Crippen LogP contribution in [0.5, 0.6) is 17.5 Å². The molecule has 5 heteroatoms. The molecule has 0 amide bonds. The van der Waals surface area contributed by atoms with Crippen LogP contribution in [0.1, 0.15) is 24.6 Å². The number of para-hydroxylation sites is 2. The second-order valence-corrected chi connectivity index (χ2v) is 4.36. The summed E-state index contributed by atoms with van der Waals surface area (Å²) in [4.78, 5) is 8.45. The summed E-state index contributed by atoms with van der Waals surface area (Å²) in [5.74, 6) is 1.30. The van der Waals surface area contributed by atoms with E-state index in [2.05, 4.69) is 16.9 Å². The van der Waals surface area contributed by atoms with Crippen molar-refractivity contribution >= 4 is 0 Å². The summed E-state index contributed by atoms with van der Waals surface area (Å²) in [6.07, 6.45) is 2.63. The van der Waals surface area contributed by atoms with Gasteiger partial charge in [-0.05, 0) is 25.5 Å². The quantitative estimate of drug-likeness (QED) is 0.876. The molecule has 5 nitrogen and oxygen atoms in total. The molecular weight excluding hydrogens is 254 g/mol. The first kappa shape index (κ1) is 14.3. The van der Waals surface area contributed by atoms with Crippen molar-refractivity contribution in [1.82, 2.24) is 9.97 Å². The van der Waals surface area contributed by atoms with Gasteiger partial charge >= 0.3 is 6.01 Å². The fraction of sp³-hybridized carbons (Fsp3) is 0.333. The summed E-state index contributed by atoms with van der Waals surface area (Å²) in [6.45, 7) is 5.01. The highest BCUT2D eigenvalue weighted by molar-refractivity contribution is 5.41. The second-order valence-electron chi connectivity index (χ2n) is 4.36. The minimum Gasteiger partial charge on any atom is -0.490 e. The monoisotopic (exact) mass is 273 g/mol. The number of ether oxygens (including phenoxy) is 2. The van der Waals surface area contributed by atoms with Crippen LogP contribution in [0, 0.1) is 6.92 Å². The third kappa shape index (κ3) is 3.45. The zero-order chi connectivity index (χ0) is 14.4. The van der Waals surface area contributed by atoms with Gasteiger partial charge in [0, 0.05) is 24.0 Å². The van der Waals surface area contributed by atoms with Crippen LogP contribution in [0.25, 0.3) is 0 Å². The zero-order valence-electron chi connectivity index (χ0n) is 11.8. The van der Waals surface area contributed by atoms with Crippen molar-refractivity contribution < 1.29 is 9.47 Å². The fourth-order valence-corrected chi connectivity index (χ4v) is 1.68. The van der Waals surface area contributed by atoms with E-state index in [1.165, 1.54) is 0 Å². The smallest absolute Gasteiger partial charge is 0.322 e. The van der Waals surface area contributed by atoms with Crippen LogP contribution in [0.15, 0.2) is 30.5 Å². The molecule has 0 atom stereocenters. The molecule has 0 saturated heterocycles. The highest BCUT2D eigenvalue weighted by Gasteiger charge is 2.08. The Hall–Kier alpha value is -2.14. The lowest BCUT2D eigenvalue weighted by molar-refractivity contribution is 0.299. The summed E-state index contributed by atoms with van der Waals surface area (Å²) in [6, 6.07) is 7.79. The van der Waals surface area contributed by atoms with Crippen molar-refractivity contribution in [1.29, 1.82) is 0 Å². The predicted molar refractivity (Wildman–Crippen MR) is 77.0 cm³/mol. The first-order chi connectivity index (χ1) is 9.74. The highest BCUT2D eigenvalue weighted by Crippen LogP contribution is 2.29. The van der Waals surface area contributed by atoms with Crippen molar-refractivity contribution in [3.8, 4) is 17.5 Å². The topological polar surface area (TPSA) is 70.3 Å². The van der Waals surface area contributed by atoms with Crippen LogP contribution in [-0.2, 0) is 6.54 Å². The van der Waals surface area contributed by atoms with Gasteiger partial charge in [0.05, 0.1) is 6.61 Å². The Kier molecular flexibility index (Phi) is 4.90. The van der Waals surface area contributed by atoms with E-state index in [-0.39, 0.29) is 0 Å². The van der Waals surface area contributed by atoms with E-state index in [1.54, 1.807) is 6.20 Å². The summed E-state index contributed by atoms with van der Waals surface area (Å²) < 4.78 is 11.3. The Balaban J connectivity index is 2.19. The Morgan fingerprint density at radius 2 is 1.95 bits per heavy atom. The van der Waals surface area contributed by atoms with Crippen molar-refractivity contribution in [2.24, 2.45) is 5.73 Å². The van der Waals surface area contributed by atoms with Gasteiger partial charge in [0.15, 0.2) is 11.5 Å². The van der Waals surface area contributed by atoms with Gasteiger partial charge in [-0.15, -0.1) is 0 Å². The van der Waals surface area contributed by atoms with Gasteiger partial charge in [0.25, 0.3) is 0 Å². The van der Waals surface area contributed by atoms with Crippen LogP contribution >= 0.6 is 0 Å². The van der Waals surface area contributed by atoms with E-state index in [9.17, 15) is 0 Å². The molecule has 0 aliphatic heterocycles. The summed E-state index contributed by atoms with van der Waals surface area (Å²) >= 11 is 0. The normalized spacial score (nSPS) is 10.3. The number of benzene rings is 1. The molecule has 1 heterocycles. The number of aromatic nitrogens is 2. The minimum atomic E-state index is 0.298. The summed E-state index contributed by atoms with van der Waals surface area (Å²) in [5.41, 5.74) is 7.33. The van der Waals surface area contributed by atoms with Crippen LogP contribution in [0.4, 0.5) is 0 Å². The Morgan fingerprint density at radius 1 is 1.20 bits per heavy atom. The van der Waals surface area contributed by atoms with Gasteiger partial charge in [-0.2, -0.15) is 4.98 Å². The third-order valence-electron chi connectivity index (χ3n) is 2.79. The molecule has 0 fully saturated rings. The van der Waals surface area contributed by atoms with Crippen LogP contribution in [0.2, 0.25) is 0 Å². The van der Waals surface area contributed by atoms with E-state index in [1.807, 2.05) is 31.2 Å². The lowest BCUT2D eigenvalue weighted by Crippen LogP contribution is -2.04. The number of hydrogen-bond donors (Lipinski definition) is 1. The van der Waals surface area contributed by atoms with E-state index < -0.39 is 0 Å². The molecule has 20 heavy (non-hydrogen) atoms. The number of aryl methyl sites for hydroxylation is 1. The predicted octanol–water partition coefficient (Wildman–Crippen LogP) is 2.82. The van der Waals surface area contributed by atoms with Crippen LogP contribution in [-0.4, -0.2) is 16.6 Å². The van der Waals surface area contributed by atoms with Gasteiger partial charge < -0.3 is 15.2 Å². The molecule has 106 valence electrons. The highest BCUT2D eigenvalue weighted by atomic mass is 16.5. The molecule has 0 radical (unpaired) electrons. The maximum atomic E-state index is 5.70. The van der Waals surface area contributed by atoms with E-state index in [4.69, 9.17) is 15.2 Å². The maximum absolute atomic E-state index is 5.70. The summed E-state index contributed by atoms with van der Waals surface area (Å²) in [7, 11) is 0. The molecule has 0 aliphatic carbocycles. The molecular formula is C15H19N3O2. The first-order valence-electron chi connectivity index (χ1n) is 6.67. The van der Waals surface area contributed by atoms with Gasteiger partial charge in [0.2, 0.25) is 0 Å². The molecule has 1 aromatic heterocycles. The number of hydrogen-bond acceptors (Lipinski definition) is 5. The van der Waals surface area contributed by atoms with E-state index in [0.29, 0.717) is 30.7 Å². The molecule has 2 rings (SSSR count). The molecule has 0 unspecified atom stereocenters. The number of rotatable bonds is 6. The first-order valence-corrected chi connectivity index (χ1v) is 6.67. The van der Waals surface area contributed by atoms with Crippen molar-refractivity contribution in [3.05, 3.63) is 41.7 Å². The molecule has 0 saturated carbocycles. The standard InChI is InChI=1S/C15H19N3O2/c1-3-8-19-13-6-4-5-7-14(13)20-15-17-10-12(9-16)11(2)18-15/h4-7,10H,3,8-9,16H2,1-2H3. The third-order valence-corrected chi connectivity index (χ3v) is 2.79. The van der Waals surface area contributed by atoms with Gasteiger partial charge in [-0.1, -0.05) is 19.1 Å². The number of nitrogens with two attached hydrogens (primary N) is 1. The maximum Gasteiger partial charge on any atom is 0.322 e. The lowest BCUT2D eigenvalue weighted by atomic mass is 10.2. The molecule has 0 bridgehead atoms. The molecule has 1 aromatic carbocycles. The number of nitrogens with zero attached hydrogens (tertiary/aromatic N) is 2. The van der Waals surface area contributed by atoms with Gasteiger partial charge in [-0.25, -0.2) is 4.98 Å². The minimum absolute atomic E-state index is 0.298. The van der Waals surface area contributed by atoms with Crippen LogP contribution < -0.4 is 15.2 Å². The largest absolute Gasteiger partial charge is 0.490 e.